The van der Waals surface area contributed by atoms with Crippen molar-refractivity contribution in [3.8, 4) is 0 Å². The summed E-state index contributed by atoms with van der Waals surface area (Å²) in [7, 11) is 0. The third-order valence-electron chi connectivity index (χ3n) is 3.13. The van der Waals surface area contributed by atoms with Crippen LogP contribution in [-0.2, 0) is 6.54 Å². The molecule has 3 N–H and O–H groups in total. The molecule has 2 rings (SSSR count). The first kappa shape index (κ1) is 11.9. The lowest BCUT2D eigenvalue weighted by Gasteiger charge is -2.17. The Morgan fingerprint density at radius 1 is 1.50 bits per heavy atom. The van der Waals surface area contributed by atoms with E-state index in [-0.39, 0.29) is 0 Å². The van der Waals surface area contributed by atoms with Crippen LogP contribution >= 0.6 is 15.9 Å². The highest BCUT2D eigenvalue weighted by Gasteiger charge is 2.21. The van der Waals surface area contributed by atoms with Crippen molar-refractivity contribution in [3.05, 3.63) is 28.2 Å². The number of nitrogens with zero attached hydrogens (tertiary/aromatic N) is 1. The van der Waals surface area contributed by atoms with E-state index in [0.29, 0.717) is 12.5 Å². The van der Waals surface area contributed by atoms with Crippen molar-refractivity contribution < 1.29 is 5.11 Å². The maximum atomic E-state index is 9.08. The van der Waals surface area contributed by atoms with Crippen LogP contribution in [0.3, 0.4) is 0 Å². The van der Waals surface area contributed by atoms with Crippen LogP contribution in [0.4, 0.5) is 5.69 Å². The first-order chi connectivity index (χ1) is 7.69. The predicted octanol–water partition coefficient (Wildman–Crippen LogP) is 1.85. The van der Waals surface area contributed by atoms with E-state index >= 15 is 0 Å². The van der Waals surface area contributed by atoms with Crippen molar-refractivity contribution in [1.82, 2.24) is 4.90 Å². The Labute approximate surface area is 104 Å². The van der Waals surface area contributed by atoms with E-state index in [1.165, 1.54) is 5.56 Å². The summed E-state index contributed by atoms with van der Waals surface area (Å²) in [5.74, 6) is 0.441. The summed E-state index contributed by atoms with van der Waals surface area (Å²) in [6.45, 7) is 3.22. The van der Waals surface area contributed by atoms with Crippen molar-refractivity contribution >= 4 is 21.6 Å². The molecule has 0 aromatic heterocycles. The number of nitrogen functional groups attached to an aromatic ring is 1. The molecule has 0 aliphatic carbocycles. The fourth-order valence-corrected chi connectivity index (χ4v) is 2.53. The van der Waals surface area contributed by atoms with E-state index in [2.05, 4.69) is 26.9 Å². The van der Waals surface area contributed by atoms with Gasteiger partial charge in [-0.25, -0.2) is 0 Å². The van der Waals surface area contributed by atoms with Gasteiger partial charge in [0.1, 0.15) is 0 Å². The SMILES string of the molecule is Nc1cc(Br)ccc1CN1CCC(CO)C1. The molecule has 3 nitrogen and oxygen atoms in total. The summed E-state index contributed by atoms with van der Waals surface area (Å²) >= 11 is 3.40. The zero-order valence-electron chi connectivity index (χ0n) is 9.19. The summed E-state index contributed by atoms with van der Waals surface area (Å²) in [6.07, 6.45) is 1.09. The Morgan fingerprint density at radius 2 is 2.31 bits per heavy atom. The van der Waals surface area contributed by atoms with Crippen LogP contribution in [0.15, 0.2) is 22.7 Å². The predicted molar refractivity (Wildman–Crippen MR) is 69.0 cm³/mol. The monoisotopic (exact) mass is 284 g/mol. The zero-order valence-corrected chi connectivity index (χ0v) is 10.8. The molecule has 1 aliphatic heterocycles. The minimum Gasteiger partial charge on any atom is -0.398 e. The lowest BCUT2D eigenvalue weighted by molar-refractivity contribution is 0.220. The van der Waals surface area contributed by atoms with Crippen LogP contribution in [0.1, 0.15) is 12.0 Å². The Bertz CT molecular complexity index is 370. The molecule has 0 spiro atoms. The molecule has 0 saturated carbocycles. The van der Waals surface area contributed by atoms with Gasteiger partial charge in [-0.1, -0.05) is 22.0 Å². The molecule has 1 heterocycles. The molecule has 1 aliphatic rings. The number of likely N-dealkylation sites (tertiary alicyclic amines) is 1. The van der Waals surface area contributed by atoms with E-state index in [0.717, 1.165) is 36.2 Å². The van der Waals surface area contributed by atoms with Crippen LogP contribution in [0.5, 0.6) is 0 Å². The van der Waals surface area contributed by atoms with Crippen LogP contribution in [0, 0.1) is 5.92 Å². The van der Waals surface area contributed by atoms with Gasteiger partial charge >= 0.3 is 0 Å². The van der Waals surface area contributed by atoms with Gasteiger partial charge in [0.05, 0.1) is 0 Å². The number of anilines is 1. The van der Waals surface area contributed by atoms with Crippen LogP contribution in [-0.4, -0.2) is 29.7 Å². The van der Waals surface area contributed by atoms with Crippen molar-refractivity contribution in [1.29, 1.82) is 0 Å². The number of rotatable bonds is 3. The average Bonchev–Trinajstić information content (AvgIpc) is 2.70. The Morgan fingerprint density at radius 3 is 2.94 bits per heavy atom. The molecule has 1 aromatic carbocycles. The summed E-state index contributed by atoms with van der Waals surface area (Å²) < 4.78 is 1.02. The number of hydrogen-bond donors (Lipinski definition) is 2. The lowest BCUT2D eigenvalue weighted by atomic mass is 10.1. The van der Waals surface area contributed by atoms with Crippen molar-refractivity contribution in [2.75, 3.05) is 25.4 Å². The number of aliphatic hydroxyl groups is 1. The van der Waals surface area contributed by atoms with E-state index < -0.39 is 0 Å². The molecule has 0 amide bonds. The molecule has 1 unspecified atom stereocenters. The molecule has 1 aromatic rings. The van der Waals surface area contributed by atoms with E-state index in [1.54, 1.807) is 0 Å². The molecule has 88 valence electrons. The van der Waals surface area contributed by atoms with Gasteiger partial charge in [-0.3, -0.25) is 4.90 Å². The largest absolute Gasteiger partial charge is 0.398 e. The summed E-state index contributed by atoms with van der Waals surface area (Å²) in [5, 5.41) is 9.08. The van der Waals surface area contributed by atoms with E-state index in [4.69, 9.17) is 10.8 Å². The Kier molecular flexibility index (Phi) is 3.84. The number of hydrogen-bond acceptors (Lipinski definition) is 3. The second-order valence-corrected chi connectivity index (χ2v) is 5.33. The third kappa shape index (κ3) is 2.75. The van der Waals surface area contributed by atoms with Crippen LogP contribution in [0.25, 0.3) is 0 Å². The normalized spacial score (nSPS) is 21.5. The quantitative estimate of drug-likeness (QED) is 0.833. The van der Waals surface area contributed by atoms with E-state index in [1.807, 2.05) is 12.1 Å². The molecule has 16 heavy (non-hydrogen) atoms. The highest BCUT2D eigenvalue weighted by atomic mass is 79.9. The fourth-order valence-electron chi connectivity index (χ4n) is 2.16. The molecule has 1 atom stereocenters. The number of benzene rings is 1. The first-order valence-corrected chi connectivity index (χ1v) is 6.35. The standard InChI is InChI=1S/C12H17BrN2O/c13-11-2-1-10(12(14)5-11)7-15-4-3-9(6-15)8-16/h1-2,5,9,16H,3-4,6-8,14H2. The molecule has 1 saturated heterocycles. The molecular weight excluding hydrogens is 268 g/mol. The van der Waals surface area contributed by atoms with Gasteiger partial charge in [0.15, 0.2) is 0 Å². The number of halogens is 1. The van der Waals surface area contributed by atoms with Gasteiger partial charge in [-0.2, -0.15) is 0 Å². The Balaban J connectivity index is 1.99. The summed E-state index contributed by atoms with van der Waals surface area (Å²) in [6, 6.07) is 6.02. The Hall–Kier alpha value is -0.580. The van der Waals surface area contributed by atoms with Gasteiger partial charge in [0.25, 0.3) is 0 Å². The van der Waals surface area contributed by atoms with Gasteiger partial charge in [0.2, 0.25) is 0 Å². The molecule has 0 radical (unpaired) electrons. The lowest BCUT2D eigenvalue weighted by Crippen LogP contribution is -2.21. The van der Waals surface area contributed by atoms with Crippen molar-refractivity contribution in [2.45, 2.75) is 13.0 Å². The van der Waals surface area contributed by atoms with Crippen LogP contribution in [0.2, 0.25) is 0 Å². The van der Waals surface area contributed by atoms with Gasteiger partial charge in [0, 0.05) is 29.9 Å². The molecular formula is C12H17BrN2O. The second-order valence-electron chi connectivity index (χ2n) is 4.42. The fraction of sp³-hybridized carbons (Fsp3) is 0.500. The van der Waals surface area contributed by atoms with Crippen LogP contribution < -0.4 is 5.73 Å². The maximum absolute atomic E-state index is 9.08. The highest BCUT2D eigenvalue weighted by molar-refractivity contribution is 9.10. The smallest absolute Gasteiger partial charge is 0.0471 e. The topological polar surface area (TPSA) is 49.5 Å². The maximum Gasteiger partial charge on any atom is 0.0471 e. The minimum atomic E-state index is 0.298. The second kappa shape index (κ2) is 5.17. The summed E-state index contributed by atoms with van der Waals surface area (Å²) in [4.78, 5) is 2.35. The summed E-state index contributed by atoms with van der Waals surface area (Å²) in [5.41, 5.74) is 7.96. The van der Waals surface area contributed by atoms with Gasteiger partial charge < -0.3 is 10.8 Å². The molecule has 4 heteroatoms. The van der Waals surface area contributed by atoms with Gasteiger partial charge in [-0.05, 0) is 36.6 Å². The van der Waals surface area contributed by atoms with Crippen molar-refractivity contribution in [3.63, 3.8) is 0 Å². The average molecular weight is 285 g/mol. The third-order valence-corrected chi connectivity index (χ3v) is 3.62. The highest BCUT2D eigenvalue weighted by Crippen LogP contribution is 2.23. The van der Waals surface area contributed by atoms with Gasteiger partial charge in [-0.15, -0.1) is 0 Å². The molecule has 0 bridgehead atoms. The van der Waals surface area contributed by atoms with Crippen molar-refractivity contribution in [2.24, 2.45) is 5.92 Å². The number of aliphatic hydroxyl groups excluding tert-OH is 1. The molecule has 1 fully saturated rings. The van der Waals surface area contributed by atoms with E-state index in [9.17, 15) is 0 Å². The zero-order chi connectivity index (χ0) is 11.5. The first-order valence-electron chi connectivity index (χ1n) is 5.56. The number of nitrogens with two attached hydrogens (primary N) is 1. The minimum absolute atomic E-state index is 0.298.